The lowest BCUT2D eigenvalue weighted by Crippen LogP contribution is -2.12. The average molecular weight is 134 g/mol. The minimum atomic E-state index is -0.887. The molecule has 2 nitrogen and oxygen atoms in total. The van der Waals surface area contributed by atoms with Gasteiger partial charge in [0.1, 0.15) is 6.17 Å². The first-order valence-electron chi connectivity index (χ1n) is 3.14. The van der Waals surface area contributed by atoms with Crippen LogP contribution in [0.3, 0.4) is 0 Å². The van der Waals surface area contributed by atoms with Crippen LogP contribution in [0.1, 0.15) is 13.3 Å². The van der Waals surface area contributed by atoms with Gasteiger partial charge in [-0.3, -0.25) is 0 Å². The van der Waals surface area contributed by atoms with Crippen molar-refractivity contribution in [2.75, 3.05) is 6.61 Å². The summed E-state index contributed by atoms with van der Waals surface area (Å²) < 4.78 is 17.5. The van der Waals surface area contributed by atoms with Gasteiger partial charge in [0.05, 0.1) is 18.8 Å². The summed E-state index contributed by atoms with van der Waals surface area (Å²) in [5.74, 6) is 0. The van der Waals surface area contributed by atoms with E-state index in [4.69, 9.17) is 9.84 Å². The summed E-state index contributed by atoms with van der Waals surface area (Å²) >= 11 is 0. The largest absolute Gasteiger partial charge is 0.394 e. The van der Waals surface area contributed by atoms with Crippen LogP contribution in [0, 0.1) is 0 Å². The molecule has 1 fully saturated rings. The summed E-state index contributed by atoms with van der Waals surface area (Å²) in [4.78, 5) is 0. The molecule has 0 radical (unpaired) electrons. The van der Waals surface area contributed by atoms with Crippen molar-refractivity contribution in [3.8, 4) is 0 Å². The molecular formula is C6H11FO2. The van der Waals surface area contributed by atoms with Gasteiger partial charge in [-0.15, -0.1) is 0 Å². The van der Waals surface area contributed by atoms with Crippen molar-refractivity contribution < 1.29 is 14.2 Å². The lowest BCUT2D eigenvalue weighted by Gasteiger charge is -2.05. The maximum Gasteiger partial charge on any atom is 0.128 e. The van der Waals surface area contributed by atoms with Crippen molar-refractivity contribution >= 4 is 0 Å². The maximum atomic E-state index is 12.5. The Morgan fingerprint density at radius 2 is 2.44 bits per heavy atom. The second-order valence-corrected chi connectivity index (χ2v) is 2.40. The zero-order chi connectivity index (χ0) is 6.85. The van der Waals surface area contributed by atoms with Crippen LogP contribution in [-0.2, 0) is 4.74 Å². The Kier molecular flexibility index (Phi) is 2.03. The molecule has 1 aliphatic heterocycles. The number of aliphatic hydroxyl groups is 1. The lowest BCUT2D eigenvalue weighted by molar-refractivity contribution is 0.0110. The highest BCUT2D eigenvalue weighted by atomic mass is 19.1. The predicted octanol–water partition coefficient (Wildman–Crippen LogP) is 0.494. The third-order valence-electron chi connectivity index (χ3n) is 1.61. The Labute approximate surface area is 53.6 Å². The first kappa shape index (κ1) is 6.96. The van der Waals surface area contributed by atoms with Crippen LogP contribution < -0.4 is 0 Å². The van der Waals surface area contributed by atoms with E-state index in [9.17, 15) is 4.39 Å². The van der Waals surface area contributed by atoms with Gasteiger partial charge in [0.25, 0.3) is 0 Å². The maximum absolute atomic E-state index is 12.5. The highest BCUT2D eigenvalue weighted by molar-refractivity contribution is 4.78. The van der Waals surface area contributed by atoms with Crippen molar-refractivity contribution in [1.82, 2.24) is 0 Å². The quantitative estimate of drug-likeness (QED) is 0.565. The van der Waals surface area contributed by atoms with Gasteiger partial charge in [-0.1, -0.05) is 0 Å². The molecule has 1 N–H and O–H groups in total. The van der Waals surface area contributed by atoms with Gasteiger partial charge >= 0.3 is 0 Å². The summed E-state index contributed by atoms with van der Waals surface area (Å²) in [5, 5.41) is 8.51. The molecule has 0 bridgehead atoms. The Morgan fingerprint density at radius 1 is 1.78 bits per heavy atom. The summed E-state index contributed by atoms with van der Waals surface area (Å²) in [7, 11) is 0. The second kappa shape index (κ2) is 2.62. The molecule has 3 atom stereocenters. The number of halogens is 1. The van der Waals surface area contributed by atoms with E-state index in [-0.39, 0.29) is 18.8 Å². The fourth-order valence-electron chi connectivity index (χ4n) is 1.00. The van der Waals surface area contributed by atoms with Gasteiger partial charge in [-0.2, -0.15) is 0 Å². The molecule has 1 rings (SSSR count). The molecule has 9 heavy (non-hydrogen) atoms. The van der Waals surface area contributed by atoms with Crippen LogP contribution in [0.15, 0.2) is 0 Å². The van der Waals surface area contributed by atoms with Gasteiger partial charge < -0.3 is 9.84 Å². The number of rotatable bonds is 1. The minimum absolute atomic E-state index is 0.0647. The van der Waals surface area contributed by atoms with Crippen LogP contribution in [-0.4, -0.2) is 30.1 Å². The minimum Gasteiger partial charge on any atom is -0.394 e. The first-order valence-corrected chi connectivity index (χ1v) is 3.14. The average Bonchev–Trinajstić information content (AvgIpc) is 2.13. The van der Waals surface area contributed by atoms with E-state index in [1.807, 2.05) is 0 Å². The standard InChI is InChI=1S/C6H11FO2/c1-4-6(7)2-5(3-8)9-4/h4-6,8H,2-3H2,1H3/t4-,5-,6-/m0/s1. The first-order chi connectivity index (χ1) is 4.24. The fraction of sp³-hybridized carbons (Fsp3) is 1.00. The molecule has 0 spiro atoms. The normalized spacial score (nSPS) is 43.7. The molecule has 0 aromatic carbocycles. The van der Waals surface area contributed by atoms with E-state index in [1.165, 1.54) is 0 Å². The SMILES string of the molecule is C[C@@H]1O[C@H](CO)C[C@@H]1F. The van der Waals surface area contributed by atoms with E-state index in [2.05, 4.69) is 0 Å². The number of alkyl halides is 1. The molecule has 0 amide bonds. The number of hydrogen-bond donors (Lipinski definition) is 1. The smallest absolute Gasteiger partial charge is 0.128 e. The van der Waals surface area contributed by atoms with Crippen LogP contribution in [0.25, 0.3) is 0 Å². The number of ether oxygens (including phenoxy) is 1. The summed E-state index contributed by atoms with van der Waals surface area (Å²) in [6, 6.07) is 0. The molecule has 1 heterocycles. The lowest BCUT2D eigenvalue weighted by atomic mass is 10.2. The van der Waals surface area contributed by atoms with Crippen LogP contribution in [0.5, 0.6) is 0 Å². The Balaban J connectivity index is 2.35. The fourth-order valence-corrected chi connectivity index (χ4v) is 1.00. The predicted molar refractivity (Wildman–Crippen MR) is 30.9 cm³/mol. The van der Waals surface area contributed by atoms with Crippen LogP contribution in [0.4, 0.5) is 4.39 Å². The molecular weight excluding hydrogens is 123 g/mol. The molecule has 0 saturated carbocycles. The summed E-state index contributed by atoms with van der Waals surface area (Å²) in [5.41, 5.74) is 0. The van der Waals surface area contributed by atoms with Crippen molar-refractivity contribution in [3.05, 3.63) is 0 Å². The molecule has 3 heteroatoms. The summed E-state index contributed by atoms with van der Waals surface area (Å²) in [6.07, 6.45) is -1.14. The molecule has 1 aliphatic rings. The monoisotopic (exact) mass is 134 g/mol. The number of hydrogen-bond acceptors (Lipinski definition) is 2. The van der Waals surface area contributed by atoms with Gasteiger partial charge in [0.2, 0.25) is 0 Å². The highest BCUT2D eigenvalue weighted by Gasteiger charge is 2.31. The molecule has 0 aliphatic carbocycles. The zero-order valence-electron chi connectivity index (χ0n) is 5.38. The second-order valence-electron chi connectivity index (χ2n) is 2.40. The van der Waals surface area contributed by atoms with E-state index in [0.29, 0.717) is 6.42 Å². The number of aliphatic hydroxyl groups excluding tert-OH is 1. The van der Waals surface area contributed by atoms with E-state index in [1.54, 1.807) is 6.92 Å². The van der Waals surface area contributed by atoms with Crippen molar-refractivity contribution in [2.45, 2.75) is 31.7 Å². The van der Waals surface area contributed by atoms with Crippen molar-refractivity contribution in [2.24, 2.45) is 0 Å². The molecule has 0 aromatic heterocycles. The molecule has 0 aromatic rings. The molecule has 1 saturated heterocycles. The van der Waals surface area contributed by atoms with E-state index in [0.717, 1.165) is 0 Å². The zero-order valence-corrected chi connectivity index (χ0v) is 5.38. The van der Waals surface area contributed by atoms with Crippen LogP contribution >= 0.6 is 0 Å². The summed E-state index contributed by atoms with van der Waals surface area (Å²) in [6.45, 7) is 1.62. The van der Waals surface area contributed by atoms with Gasteiger partial charge in [0, 0.05) is 6.42 Å². The third-order valence-corrected chi connectivity index (χ3v) is 1.61. The van der Waals surface area contributed by atoms with Gasteiger partial charge in [-0.05, 0) is 6.92 Å². The topological polar surface area (TPSA) is 29.5 Å². The Morgan fingerprint density at radius 3 is 2.67 bits per heavy atom. The van der Waals surface area contributed by atoms with Gasteiger partial charge in [0.15, 0.2) is 0 Å². The van der Waals surface area contributed by atoms with Crippen LogP contribution in [0.2, 0.25) is 0 Å². The van der Waals surface area contributed by atoms with E-state index < -0.39 is 6.17 Å². The van der Waals surface area contributed by atoms with Crippen molar-refractivity contribution in [3.63, 3.8) is 0 Å². The van der Waals surface area contributed by atoms with Gasteiger partial charge in [-0.25, -0.2) is 4.39 Å². The highest BCUT2D eigenvalue weighted by Crippen LogP contribution is 2.21. The Bertz CT molecular complexity index is 87.1. The third kappa shape index (κ3) is 1.40. The van der Waals surface area contributed by atoms with Crippen molar-refractivity contribution in [1.29, 1.82) is 0 Å². The molecule has 54 valence electrons. The van der Waals surface area contributed by atoms with E-state index >= 15 is 0 Å². The molecule has 0 unspecified atom stereocenters. The Hall–Kier alpha value is -0.150.